The zero-order chi connectivity index (χ0) is 15.4. The van der Waals surface area contributed by atoms with Gasteiger partial charge in [0.25, 0.3) is 0 Å². The third-order valence-corrected chi connectivity index (χ3v) is 5.48. The highest BCUT2D eigenvalue weighted by atomic mass is 16.5. The van der Waals surface area contributed by atoms with Crippen molar-refractivity contribution in [1.82, 2.24) is 4.98 Å². The van der Waals surface area contributed by atoms with E-state index in [0.29, 0.717) is 0 Å². The number of hydrogen-bond acceptors (Lipinski definition) is 2. The van der Waals surface area contributed by atoms with E-state index in [1.165, 1.54) is 5.56 Å². The molecule has 0 saturated carbocycles. The molecule has 0 aliphatic heterocycles. The molecule has 0 amide bonds. The van der Waals surface area contributed by atoms with Crippen molar-refractivity contribution in [3.63, 3.8) is 0 Å². The van der Waals surface area contributed by atoms with Crippen molar-refractivity contribution in [2.75, 3.05) is 7.11 Å². The Bertz CT molecular complexity index is 431. The van der Waals surface area contributed by atoms with Gasteiger partial charge in [0.15, 0.2) is 0 Å². The SMILES string of the molecule is CCC(C)(CC)c1cc(OC)c(C(C)(CC)CC)cn1. The van der Waals surface area contributed by atoms with Crippen LogP contribution < -0.4 is 4.74 Å². The quantitative estimate of drug-likeness (QED) is 0.679. The van der Waals surface area contributed by atoms with Gasteiger partial charge in [-0.05, 0) is 31.1 Å². The molecule has 0 spiro atoms. The largest absolute Gasteiger partial charge is 0.496 e. The number of aromatic nitrogens is 1. The minimum Gasteiger partial charge on any atom is -0.496 e. The van der Waals surface area contributed by atoms with Gasteiger partial charge in [-0.2, -0.15) is 0 Å². The molecular formula is C18H31NO. The fraction of sp³-hybridized carbons (Fsp3) is 0.722. The smallest absolute Gasteiger partial charge is 0.125 e. The number of nitrogens with zero attached hydrogens (tertiary/aromatic N) is 1. The van der Waals surface area contributed by atoms with Crippen LogP contribution in [0, 0.1) is 0 Å². The van der Waals surface area contributed by atoms with E-state index in [0.717, 1.165) is 37.1 Å². The molecule has 0 radical (unpaired) electrons. The summed E-state index contributed by atoms with van der Waals surface area (Å²) in [4.78, 5) is 4.78. The van der Waals surface area contributed by atoms with Crippen molar-refractivity contribution in [2.24, 2.45) is 0 Å². The maximum Gasteiger partial charge on any atom is 0.125 e. The lowest BCUT2D eigenvalue weighted by Crippen LogP contribution is -2.24. The van der Waals surface area contributed by atoms with Gasteiger partial charge >= 0.3 is 0 Å². The molecule has 0 aliphatic rings. The van der Waals surface area contributed by atoms with E-state index in [9.17, 15) is 0 Å². The predicted octanol–water partition coefficient (Wildman–Crippen LogP) is 5.25. The van der Waals surface area contributed by atoms with Crippen LogP contribution in [0.4, 0.5) is 0 Å². The van der Waals surface area contributed by atoms with Crippen LogP contribution in [0.3, 0.4) is 0 Å². The second-order valence-electron chi connectivity index (χ2n) is 6.31. The van der Waals surface area contributed by atoms with E-state index < -0.39 is 0 Å². The molecule has 0 aromatic carbocycles. The van der Waals surface area contributed by atoms with Gasteiger partial charge in [0, 0.05) is 28.9 Å². The third-order valence-electron chi connectivity index (χ3n) is 5.48. The average Bonchev–Trinajstić information content (AvgIpc) is 2.52. The predicted molar refractivity (Wildman–Crippen MR) is 86.7 cm³/mol. The highest BCUT2D eigenvalue weighted by molar-refractivity contribution is 5.40. The molecule has 1 aromatic heterocycles. The van der Waals surface area contributed by atoms with E-state index in [1.807, 2.05) is 6.20 Å². The molecule has 114 valence electrons. The summed E-state index contributed by atoms with van der Waals surface area (Å²) in [5, 5.41) is 0. The molecule has 0 fully saturated rings. The first-order valence-electron chi connectivity index (χ1n) is 7.95. The summed E-state index contributed by atoms with van der Waals surface area (Å²) >= 11 is 0. The van der Waals surface area contributed by atoms with Gasteiger partial charge in [-0.3, -0.25) is 4.98 Å². The van der Waals surface area contributed by atoms with Gasteiger partial charge in [-0.25, -0.2) is 0 Å². The molecular weight excluding hydrogens is 246 g/mol. The molecule has 1 rings (SSSR count). The standard InChI is InChI=1S/C18H31NO/c1-8-17(5,9-2)14-13-19-16(12-15(14)20-7)18(6,10-3)11-4/h12-13H,8-11H2,1-7H3. The average molecular weight is 277 g/mol. The van der Waals surface area contributed by atoms with Crippen LogP contribution in [0.2, 0.25) is 0 Å². The summed E-state index contributed by atoms with van der Waals surface area (Å²) in [5.74, 6) is 0.995. The Morgan fingerprint density at radius 2 is 1.45 bits per heavy atom. The van der Waals surface area contributed by atoms with Gasteiger partial charge in [-0.1, -0.05) is 41.5 Å². The van der Waals surface area contributed by atoms with E-state index in [1.54, 1.807) is 7.11 Å². The van der Waals surface area contributed by atoms with Crippen LogP contribution in [0.5, 0.6) is 5.75 Å². The monoisotopic (exact) mass is 277 g/mol. The minimum atomic E-state index is 0.140. The summed E-state index contributed by atoms with van der Waals surface area (Å²) in [6.07, 6.45) is 6.43. The second kappa shape index (κ2) is 6.60. The van der Waals surface area contributed by atoms with E-state index in [2.05, 4.69) is 47.6 Å². The Kier molecular flexibility index (Phi) is 5.61. The van der Waals surface area contributed by atoms with Gasteiger partial charge in [0.05, 0.1) is 7.11 Å². The van der Waals surface area contributed by atoms with Crippen LogP contribution in [0.15, 0.2) is 12.3 Å². The number of ether oxygens (including phenoxy) is 1. The molecule has 1 aromatic rings. The van der Waals surface area contributed by atoms with E-state index >= 15 is 0 Å². The summed E-state index contributed by atoms with van der Waals surface area (Å²) in [5.41, 5.74) is 2.67. The molecule has 0 aliphatic carbocycles. The maximum absolute atomic E-state index is 5.68. The lowest BCUT2D eigenvalue weighted by molar-refractivity contribution is 0.365. The highest BCUT2D eigenvalue weighted by Gasteiger charge is 2.30. The van der Waals surface area contributed by atoms with Gasteiger partial charge in [0.2, 0.25) is 0 Å². The zero-order valence-corrected chi connectivity index (χ0v) is 14.3. The number of pyridine rings is 1. The zero-order valence-electron chi connectivity index (χ0n) is 14.3. The van der Waals surface area contributed by atoms with Crippen molar-refractivity contribution in [3.8, 4) is 5.75 Å². The number of methoxy groups -OCH3 is 1. The first kappa shape index (κ1) is 17.0. The van der Waals surface area contributed by atoms with Crippen molar-refractivity contribution in [3.05, 3.63) is 23.5 Å². The summed E-state index contributed by atoms with van der Waals surface area (Å²) < 4.78 is 5.68. The Morgan fingerprint density at radius 3 is 1.85 bits per heavy atom. The molecule has 0 atom stereocenters. The first-order valence-corrected chi connectivity index (χ1v) is 7.95. The van der Waals surface area contributed by atoms with Crippen LogP contribution >= 0.6 is 0 Å². The first-order chi connectivity index (χ1) is 9.40. The normalized spacial score (nSPS) is 12.6. The van der Waals surface area contributed by atoms with Gasteiger partial charge in [-0.15, -0.1) is 0 Å². The van der Waals surface area contributed by atoms with Crippen LogP contribution in [-0.2, 0) is 10.8 Å². The minimum absolute atomic E-state index is 0.140. The van der Waals surface area contributed by atoms with Crippen molar-refractivity contribution < 1.29 is 4.74 Å². The molecule has 0 N–H and O–H groups in total. The topological polar surface area (TPSA) is 22.1 Å². The second-order valence-corrected chi connectivity index (χ2v) is 6.31. The number of rotatable bonds is 7. The lowest BCUT2D eigenvalue weighted by Gasteiger charge is -2.31. The Balaban J connectivity index is 3.34. The third kappa shape index (κ3) is 2.99. The van der Waals surface area contributed by atoms with E-state index in [4.69, 9.17) is 9.72 Å². The van der Waals surface area contributed by atoms with Crippen molar-refractivity contribution >= 4 is 0 Å². The van der Waals surface area contributed by atoms with Crippen LogP contribution in [-0.4, -0.2) is 12.1 Å². The highest BCUT2D eigenvalue weighted by Crippen LogP contribution is 2.39. The van der Waals surface area contributed by atoms with Gasteiger partial charge < -0.3 is 4.74 Å². The van der Waals surface area contributed by atoms with Crippen molar-refractivity contribution in [1.29, 1.82) is 0 Å². The van der Waals surface area contributed by atoms with E-state index in [-0.39, 0.29) is 10.8 Å². The summed E-state index contributed by atoms with van der Waals surface area (Å²) in [7, 11) is 1.77. The summed E-state index contributed by atoms with van der Waals surface area (Å²) in [6.45, 7) is 13.5. The molecule has 1 heterocycles. The maximum atomic E-state index is 5.68. The van der Waals surface area contributed by atoms with Crippen LogP contribution in [0.25, 0.3) is 0 Å². The molecule has 20 heavy (non-hydrogen) atoms. The summed E-state index contributed by atoms with van der Waals surface area (Å²) in [6, 6.07) is 2.16. The molecule has 2 nitrogen and oxygen atoms in total. The fourth-order valence-electron chi connectivity index (χ4n) is 2.63. The molecule has 0 unspecified atom stereocenters. The number of hydrogen-bond donors (Lipinski definition) is 0. The molecule has 2 heteroatoms. The molecule has 0 bridgehead atoms. The lowest BCUT2D eigenvalue weighted by atomic mass is 9.76. The molecule has 0 saturated heterocycles. The fourth-order valence-corrected chi connectivity index (χ4v) is 2.63. The Hall–Kier alpha value is -1.05. The van der Waals surface area contributed by atoms with Gasteiger partial charge in [0.1, 0.15) is 5.75 Å². The Morgan fingerprint density at radius 1 is 0.950 bits per heavy atom. The van der Waals surface area contributed by atoms with Crippen LogP contribution in [0.1, 0.15) is 78.5 Å². The Labute approximate surface area is 125 Å². The van der Waals surface area contributed by atoms with Crippen molar-refractivity contribution in [2.45, 2.75) is 78.1 Å².